The first-order valence-electron chi connectivity index (χ1n) is 8.59. The maximum Gasteiger partial charge on any atom is 0.300 e. The number of ether oxygens (including phenoxy) is 2. The third kappa shape index (κ3) is 4.76. The molecule has 1 heterocycles. The number of hydrogen-bond donors (Lipinski definition) is 0. The fraction of sp³-hybridized carbons (Fsp3) is 0.579. The first kappa shape index (κ1) is 19.8. The van der Waals surface area contributed by atoms with Crippen LogP contribution in [0, 0.1) is 0 Å². The number of benzene rings is 1. The van der Waals surface area contributed by atoms with Gasteiger partial charge in [-0.25, -0.2) is 4.57 Å². The number of aromatic nitrogens is 2. The van der Waals surface area contributed by atoms with Crippen LogP contribution in [0.1, 0.15) is 18.7 Å². The van der Waals surface area contributed by atoms with E-state index in [4.69, 9.17) is 14.5 Å². The molecule has 1 aromatic heterocycles. The van der Waals surface area contributed by atoms with E-state index < -0.39 is 0 Å². The molecular formula is C19H31N3O2S+2. The Morgan fingerprint density at radius 2 is 1.72 bits per heavy atom. The number of thioether (sulfide) groups is 1. The lowest BCUT2D eigenvalue weighted by Crippen LogP contribution is -2.37. The van der Waals surface area contributed by atoms with E-state index in [1.165, 1.54) is 13.0 Å². The largest absolute Gasteiger partial charge is 0.493 e. The Hall–Kier alpha value is -1.53. The van der Waals surface area contributed by atoms with Crippen molar-refractivity contribution in [1.29, 1.82) is 0 Å². The Kier molecular flexibility index (Phi) is 6.52. The van der Waals surface area contributed by atoms with Gasteiger partial charge in [0.05, 0.1) is 60.8 Å². The van der Waals surface area contributed by atoms with Gasteiger partial charge in [0, 0.05) is 12.1 Å². The van der Waals surface area contributed by atoms with E-state index >= 15 is 0 Å². The zero-order valence-corrected chi connectivity index (χ0v) is 17.4. The lowest BCUT2D eigenvalue weighted by atomic mass is 10.1. The van der Waals surface area contributed by atoms with Gasteiger partial charge in [-0.15, -0.1) is 0 Å². The number of fused-ring (bicyclic) bond motifs is 1. The Morgan fingerprint density at radius 1 is 1.08 bits per heavy atom. The van der Waals surface area contributed by atoms with Crippen LogP contribution in [0.3, 0.4) is 0 Å². The SMILES string of the molecule is COc1cc2c(SC)nc(CCCC[N+](C)(C)C)[n+](C)c2cc1OC. The van der Waals surface area contributed by atoms with Crippen LogP contribution in [0.5, 0.6) is 11.5 Å². The maximum atomic E-state index is 5.48. The molecule has 0 spiro atoms. The van der Waals surface area contributed by atoms with E-state index in [1.54, 1.807) is 26.0 Å². The average Bonchev–Trinajstić information content (AvgIpc) is 2.58. The summed E-state index contributed by atoms with van der Waals surface area (Å²) < 4.78 is 14.1. The molecule has 0 atom stereocenters. The lowest BCUT2D eigenvalue weighted by Gasteiger charge is -2.23. The van der Waals surface area contributed by atoms with Crippen LogP contribution < -0.4 is 14.0 Å². The molecule has 0 N–H and O–H groups in total. The molecule has 0 fully saturated rings. The summed E-state index contributed by atoms with van der Waals surface area (Å²) in [6.07, 6.45) is 5.39. The predicted octanol–water partition coefficient (Wildman–Crippen LogP) is 2.83. The first-order valence-corrected chi connectivity index (χ1v) is 9.82. The molecule has 2 rings (SSSR count). The van der Waals surface area contributed by atoms with Gasteiger partial charge in [0.2, 0.25) is 5.03 Å². The van der Waals surface area contributed by atoms with Crippen molar-refractivity contribution in [2.24, 2.45) is 7.05 Å². The quantitative estimate of drug-likeness (QED) is 0.237. The van der Waals surface area contributed by atoms with Crippen molar-refractivity contribution in [3.8, 4) is 11.5 Å². The number of rotatable bonds is 8. The monoisotopic (exact) mass is 365 g/mol. The van der Waals surface area contributed by atoms with E-state index in [0.29, 0.717) is 0 Å². The molecule has 0 aliphatic heterocycles. The van der Waals surface area contributed by atoms with Gasteiger partial charge >= 0.3 is 0 Å². The van der Waals surface area contributed by atoms with E-state index in [-0.39, 0.29) is 0 Å². The number of nitrogens with zero attached hydrogens (tertiary/aromatic N) is 3. The smallest absolute Gasteiger partial charge is 0.300 e. The molecule has 0 unspecified atom stereocenters. The highest BCUT2D eigenvalue weighted by molar-refractivity contribution is 7.98. The Morgan fingerprint density at radius 3 is 2.28 bits per heavy atom. The summed E-state index contributed by atoms with van der Waals surface area (Å²) in [7, 11) is 12.1. The summed E-state index contributed by atoms with van der Waals surface area (Å²) >= 11 is 1.67. The van der Waals surface area contributed by atoms with E-state index in [9.17, 15) is 0 Å². The fourth-order valence-corrected chi connectivity index (χ4v) is 3.54. The van der Waals surface area contributed by atoms with Gasteiger partial charge in [0.1, 0.15) is 5.52 Å². The predicted molar refractivity (Wildman–Crippen MR) is 104 cm³/mol. The van der Waals surface area contributed by atoms with Gasteiger partial charge in [-0.3, -0.25) is 0 Å². The number of quaternary nitrogens is 1. The second kappa shape index (κ2) is 8.23. The summed E-state index contributed by atoms with van der Waals surface area (Å²) in [5.41, 5.74) is 1.12. The molecule has 0 radical (unpaired) electrons. The van der Waals surface area contributed by atoms with Crippen LogP contribution in [0.2, 0.25) is 0 Å². The molecule has 138 valence electrons. The molecule has 5 nitrogen and oxygen atoms in total. The van der Waals surface area contributed by atoms with Crippen LogP contribution in [0.25, 0.3) is 10.9 Å². The highest BCUT2D eigenvalue weighted by Crippen LogP contribution is 2.34. The molecule has 0 amide bonds. The maximum absolute atomic E-state index is 5.48. The van der Waals surface area contributed by atoms with E-state index in [1.807, 2.05) is 12.1 Å². The van der Waals surface area contributed by atoms with Crippen molar-refractivity contribution in [1.82, 2.24) is 4.98 Å². The molecule has 0 saturated heterocycles. The van der Waals surface area contributed by atoms with Crippen molar-refractivity contribution in [3.63, 3.8) is 0 Å². The molecule has 0 bridgehead atoms. The fourth-order valence-electron chi connectivity index (χ4n) is 2.96. The van der Waals surface area contributed by atoms with Crippen LogP contribution in [-0.2, 0) is 13.5 Å². The molecule has 6 heteroatoms. The molecule has 1 aromatic carbocycles. The Bertz CT molecular complexity index is 742. The Balaban J connectivity index is 2.37. The van der Waals surface area contributed by atoms with Gasteiger partial charge in [0.25, 0.3) is 5.82 Å². The minimum atomic E-state index is 0.739. The average molecular weight is 366 g/mol. The standard InChI is InChI=1S/C19H31N3O2S/c1-21-15-13-17(24-6)16(23-5)12-14(15)19(25-7)20-18(21)10-8-9-11-22(2,3)4/h12-13H,8-11H2,1-7H3/q+2. The normalized spacial score (nSPS) is 11.8. The molecule has 0 aliphatic carbocycles. The number of hydrogen-bond acceptors (Lipinski definition) is 4. The highest BCUT2D eigenvalue weighted by atomic mass is 32.2. The number of unbranched alkanes of at least 4 members (excludes halogenated alkanes) is 1. The minimum absolute atomic E-state index is 0.739. The third-order valence-corrected chi connectivity index (χ3v) is 5.08. The van der Waals surface area contributed by atoms with Crippen molar-refractivity contribution in [2.45, 2.75) is 24.3 Å². The molecule has 25 heavy (non-hydrogen) atoms. The van der Waals surface area contributed by atoms with Crippen LogP contribution in [0.15, 0.2) is 17.2 Å². The molecule has 0 aliphatic rings. The van der Waals surface area contributed by atoms with Crippen molar-refractivity contribution in [2.75, 3.05) is 48.2 Å². The zero-order chi connectivity index (χ0) is 18.6. The summed E-state index contributed by atoms with van der Waals surface area (Å²) in [4.78, 5) is 4.91. The first-order chi connectivity index (χ1) is 11.8. The third-order valence-electron chi connectivity index (χ3n) is 4.38. The highest BCUT2D eigenvalue weighted by Gasteiger charge is 2.22. The summed E-state index contributed by atoms with van der Waals surface area (Å²) in [5.74, 6) is 2.60. The van der Waals surface area contributed by atoms with Crippen LogP contribution >= 0.6 is 11.8 Å². The van der Waals surface area contributed by atoms with Crippen LogP contribution in [-0.4, -0.2) is 57.6 Å². The van der Waals surface area contributed by atoms with Gasteiger partial charge < -0.3 is 14.0 Å². The topological polar surface area (TPSA) is 35.2 Å². The van der Waals surface area contributed by atoms with Crippen molar-refractivity contribution >= 4 is 22.7 Å². The number of aryl methyl sites for hydroxylation is 2. The summed E-state index contributed by atoms with van der Waals surface area (Å²) in [6, 6.07) is 4.07. The second-order valence-corrected chi connectivity index (χ2v) is 8.09. The van der Waals surface area contributed by atoms with Crippen LogP contribution in [0.4, 0.5) is 0 Å². The summed E-state index contributed by atoms with van der Waals surface area (Å²) in [5, 5.41) is 2.14. The van der Waals surface area contributed by atoms with Gasteiger partial charge in [-0.1, -0.05) is 11.8 Å². The van der Waals surface area contributed by atoms with Gasteiger partial charge in [0.15, 0.2) is 11.5 Å². The zero-order valence-electron chi connectivity index (χ0n) is 16.5. The van der Waals surface area contributed by atoms with Crippen molar-refractivity contribution < 1.29 is 18.5 Å². The lowest BCUT2D eigenvalue weighted by molar-refractivity contribution is -0.870. The second-order valence-electron chi connectivity index (χ2n) is 7.29. The van der Waals surface area contributed by atoms with E-state index in [0.717, 1.165) is 50.6 Å². The summed E-state index contributed by atoms with van der Waals surface area (Å²) in [6.45, 7) is 1.18. The van der Waals surface area contributed by atoms with Gasteiger partial charge in [-0.2, -0.15) is 0 Å². The molecule has 2 aromatic rings. The molecule has 0 saturated carbocycles. The van der Waals surface area contributed by atoms with Crippen molar-refractivity contribution in [3.05, 3.63) is 18.0 Å². The molecular weight excluding hydrogens is 334 g/mol. The van der Waals surface area contributed by atoms with Gasteiger partial charge in [-0.05, 0) is 24.1 Å². The van der Waals surface area contributed by atoms with E-state index in [2.05, 4.69) is 39.0 Å². The number of methoxy groups -OCH3 is 2. The Labute approximate surface area is 155 Å². The minimum Gasteiger partial charge on any atom is -0.493 e.